The molecule has 1 saturated carbocycles. The lowest BCUT2D eigenvalue weighted by Crippen LogP contribution is -2.44. The van der Waals surface area contributed by atoms with Gasteiger partial charge in [0.25, 0.3) is 0 Å². The molecule has 1 atom stereocenters. The van der Waals surface area contributed by atoms with E-state index in [9.17, 15) is 4.39 Å². The molecule has 2 aliphatic heterocycles. The van der Waals surface area contributed by atoms with Crippen molar-refractivity contribution < 1.29 is 9.13 Å². The molecular formula is C20H26FN3O. The lowest BCUT2D eigenvalue weighted by Gasteiger charge is -2.37. The maximum Gasteiger partial charge on any atom is 0.190 e. The molecule has 134 valence electrons. The molecule has 3 aliphatic rings. The minimum absolute atomic E-state index is 0.276. The smallest absolute Gasteiger partial charge is 0.190 e. The van der Waals surface area contributed by atoms with Crippen LogP contribution in [-0.4, -0.2) is 48.2 Å². The van der Waals surface area contributed by atoms with Crippen LogP contribution < -0.4 is 10.1 Å². The minimum Gasteiger partial charge on any atom is -0.464 e. The Kier molecular flexibility index (Phi) is 4.92. The average Bonchev–Trinajstić information content (AvgIpc) is 2.82. The zero-order valence-electron chi connectivity index (χ0n) is 14.5. The molecule has 0 spiro atoms. The highest BCUT2D eigenvalue weighted by Gasteiger charge is 2.27. The fourth-order valence-corrected chi connectivity index (χ4v) is 3.73. The lowest BCUT2D eigenvalue weighted by atomic mass is 9.91. The molecule has 1 aromatic rings. The largest absolute Gasteiger partial charge is 0.464 e. The average molecular weight is 343 g/mol. The summed E-state index contributed by atoms with van der Waals surface area (Å²) < 4.78 is 19.6. The Labute approximate surface area is 148 Å². The molecule has 2 heterocycles. The van der Waals surface area contributed by atoms with Gasteiger partial charge in [0, 0.05) is 32.2 Å². The SMILES string of the molecule is Fc1ccccc1OC1C=CC=C(N2CCCN(C3CCC3)CC2)N1. The quantitative estimate of drug-likeness (QED) is 0.909. The second-order valence-electron chi connectivity index (χ2n) is 7.01. The van der Waals surface area contributed by atoms with Gasteiger partial charge >= 0.3 is 0 Å². The topological polar surface area (TPSA) is 27.7 Å². The van der Waals surface area contributed by atoms with Gasteiger partial charge in [0.05, 0.1) is 0 Å². The predicted molar refractivity (Wildman–Crippen MR) is 96.6 cm³/mol. The Bertz CT molecular complexity index is 656. The van der Waals surface area contributed by atoms with E-state index in [0.717, 1.165) is 31.5 Å². The first-order valence-electron chi connectivity index (χ1n) is 9.35. The van der Waals surface area contributed by atoms with E-state index in [1.165, 1.54) is 38.3 Å². The number of hydrogen-bond donors (Lipinski definition) is 1. The molecule has 0 bridgehead atoms. The lowest BCUT2D eigenvalue weighted by molar-refractivity contribution is 0.131. The van der Waals surface area contributed by atoms with Crippen LogP contribution in [0.25, 0.3) is 0 Å². The molecule has 4 rings (SSSR count). The van der Waals surface area contributed by atoms with Gasteiger partial charge in [-0.1, -0.05) is 24.6 Å². The fraction of sp³-hybridized carbons (Fsp3) is 0.500. The van der Waals surface area contributed by atoms with Crippen LogP contribution in [0.4, 0.5) is 4.39 Å². The van der Waals surface area contributed by atoms with E-state index < -0.39 is 0 Å². The normalized spacial score (nSPS) is 24.9. The first kappa shape index (κ1) is 16.5. The molecule has 1 aromatic carbocycles. The van der Waals surface area contributed by atoms with Gasteiger partial charge < -0.3 is 15.0 Å². The van der Waals surface area contributed by atoms with E-state index in [0.29, 0.717) is 0 Å². The van der Waals surface area contributed by atoms with Gasteiger partial charge in [-0.2, -0.15) is 0 Å². The number of para-hydroxylation sites is 1. The monoisotopic (exact) mass is 343 g/mol. The first-order chi connectivity index (χ1) is 12.3. The minimum atomic E-state index is -0.345. The molecule has 0 radical (unpaired) electrons. The highest BCUT2D eigenvalue weighted by atomic mass is 19.1. The predicted octanol–water partition coefficient (Wildman–Crippen LogP) is 3.09. The summed E-state index contributed by atoms with van der Waals surface area (Å²) in [5, 5.41) is 3.39. The molecule has 25 heavy (non-hydrogen) atoms. The summed E-state index contributed by atoms with van der Waals surface area (Å²) in [6.45, 7) is 4.38. The second kappa shape index (κ2) is 7.48. The van der Waals surface area contributed by atoms with Crippen molar-refractivity contribution in [1.29, 1.82) is 0 Å². The van der Waals surface area contributed by atoms with Crippen LogP contribution in [0, 0.1) is 5.82 Å². The van der Waals surface area contributed by atoms with Crippen molar-refractivity contribution >= 4 is 0 Å². The van der Waals surface area contributed by atoms with Gasteiger partial charge in [-0.15, -0.1) is 0 Å². The Balaban J connectivity index is 1.35. The Morgan fingerprint density at radius 3 is 2.72 bits per heavy atom. The third-order valence-electron chi connectivity index (χ3n) is 5.38. The summed E-state index contributed by atoms with van der Waals surface area (Å²) in [4.78, 5) is 5.04. The van der Waals surface area contributed by atoms with Crippen LogP contribution in [0.1, 0.15) is 25.7 Å². The molecule has 5 heteroatoms. The summed E-state index contributed by atoms with van der Waals surface area (Å²) in [6, 6.07) is 7.34. The number of benzene rings is 1. The third-order valence-corrected chi connectivity index (χ3v) is 5.38. The standard InChI is InChI=1S/C20H26FN3O/c21-17-8-1-2-9-18(17)25-20-11-4-10-19(22-20)24-13-5-12-23(14-15-24)16-6-3-7-16/h1-2,4,8-11,16,20,22H,3,5-7,12-15H2. The molecule has 2 fully saturated rings. The van der Waals surface area contributed by atoms with Gasteiger partial charge in [0.15, 0.2) is 17.8 Å². The summed E-state index contributed by atoms with van der Waals surface area (Å²) in [6.07, 6.45) is 10.9. The summed E-state index contributed by atoms with van der Waals surface area (Å²) in [7, 11) is 0. The second-order valence-corrected chi connectivity index (χ2v) is 7.01. The van der Waals surface area contributed by atoms with Gasteiger partial charge in [-0.25, -0.2) is 4.39 Å². The van der Waals surface area contributed by atoms with E-state index in [4.69, 9.17) is 4.74 Å². The van der Waals surface area contributed by atoms with Crippen molar-refractivity contribution in [3.05, 3.63) is 54.1 Å². The molecule has 1 aliphatic carbocycles. The summed E-state index contributed by atoms with van der Waals surface area (Å²) >= 11 is 0. The van der Waals surface area contributed by atoms with E-state index >= 15 is 0 Å². The van der Waals surface area contributed by atoms with Crippen molar-refractivity contribution in [3.63, 3.8) is 0 Å². The first-order valence-corrected chi connectivity index (χ1v) is 9.35. The molecule has 0 amide bonds. The van der Waals surface area contributed by atoms with E-state index in [1.807, 2.05) is 12.2 Å². The highest BCUT2D eigenvalue weighted by Crippen LogP contribution is 2.26. The van der Waals surface area contributed by atoms with Crippen molar-refractivity contribution in [2.45, 2.75) is 38.0 Å². The Morgan fingerprint density at radius 2 is 1.92 bits per heavy atom. The van der Waals surface area contributed by atoms with E-state index in [-0.39, 0.29) is 17.8 Å². The zero-order chi connectivity index (χ0) is 17.1. The van der Waals surface area contributed by atoms with Crippen LogP contribution in [0.2, 0.25) is 0 Å². The van der Waals surface area contributed by atoms with Crippen LogP contribution in [0.3, 0.4) is 0 Å². The number of allylic oxidation sites excluding steroid dienone is 2. The Hall–Kier alpha value is -2.01. The number of nitrogens with one attached hydrogen (secondary N) is 1. The van der Waals surface area contributed by atoms with Gasteiger partial charge in [0.2, 0.25) is 0 Å². The molecule has 0 aromatic heterocycles. The number of ether oxygens (including phenoxy) is 1. The van der Waals surface area contributed by atoms with Gasteiger partial charge in [-0.05, 0) is 43.5 Å². The zero-order valence-corrected chi connectivity index (χ0v) is 14.5. The molecule has 4 nitrogen and oxygen atoms in total. The van der Waals surface area contributed by atoms with Gasteiger partial charge in [0.1, 0.15) is 5.82 Å². The Morgan fingerprint density at radius 1 is 1.04 bits per heavy atom. The van der Waals surface area contributed by atoms with Crippen molar-refractivity contribution in [3.8, 4) is 5.75 Å². The number of hydrogen-bond acceptors (Lipinski definition) is 4. The number of rotatable bonds is 4. The van der Waals surface area contributed by atoms with Crippen LogP contribution in [0.5, 0.6) is 5.75 Å². The van der Waals surface area contributed by atoms with E-state index in [2.05, 4.69) is 21.2 Å². The number of nitrogens with zero attached hydrogens (tertiary/aromatic N) is 2. The van der Waals surface area contributed by atoms with Crippen molar-refractivity contribution in [2.75, 3.05) is 26.2 Å². The van der Waals surface area contributed by atoms with Crippen LogP contribution in [-0.2, 0) is 0 Å². The van der Waals surface area contributed by atoms with Crippen molar-refractivity contribution in [1.82, 2.24) is 15.1 Å². The fourth-order valence-electron chi connectivity index (χ4n) is 3.73. The maximum atomic E-state index is 13.8. The van der Waals surface area contributed by atoms with Crippen LogP contribution in [0.15, 0.2) is 48.3 Å². The number of dihydropyridines is 1. The van der Waals surface area contributed by atoms with Crippen molar-refractivity contribution in [2.24, 2.45) is 0 Å². The van der Waals surface area contributed by atoms with Crippen LogP contribution >= 0.6 is 0 Å². The van der Waals surface area contributed by atoms with E-state index in [1.54, 1.807) is 18.2 Å². The molecule has 1 N–H and O–H groups in total. The molecule has 1 unspecified atom stereocenters. The highest BCUT2D eigenvalue weighted by molar-refractivity contribution is 5.26. The molecular weight excluding hydrogens is 317 g/mol. The summed E-state index contributed by atoms with van der Waals surface area (Å²) in [5.41, 5.74) is 0. The summed E-state index contributed by atoms with van der Waals surface area (Å²) in [5.74, 6) is 1.01. The molecule has 1 saturated heterocycles. The van der Waals surface area contributed by atoms with Gasteiger partial charge in [-0.3, -0.25) is 4.90 Å². The third kappa shape index (κ3) is 3.82. The number of halogens is 1. The maximum absolute atomic E-state index is 13.8.